The summed E-state index contributed by atoms with van der Waals surface area (Å²) >= 11 is 0. The minimum atomic E-state index is -4.51. The molecule has 2 aromatic heterocycles. The van der Waals surface area contributed by atoms with Crippen molar-refractivity contribution in [3.8, 4) is 0 Å². The summed E-state index contributed by atoms with van der Waals surface area (Å²) in [7, 11) is 0. The molecule has 1 aromatic carbocycles. The van der Waals surface area contributed by atoms with E-state index in [2.05, 4.69) is 25.4 Å². The van der Waals surface area contributed by atoms with E-state index in [1.165, 1.54) is 12.3 Å². The molecule has 6 nitrogen and oxygen atoms in total. The minimum Gasteiger partial charge on any atom is -0.379 e. The van der Waals surface area contributed by atoms with E-state index in [4.69, 9.17) is 5.84 Å². The molecule has 9 heteroatoms. The maximum absolute atomic E-state index is 12.7. The van der Waals surface area contributed by atoms with Crippen LogP contribution in [0.4, 0.5) is 24.5 Å². The van der Waals surface area contributed by atoms with Crippen LogP contribution in [-0.2, 0) is 12.6 Å². The second-order valence-electron chi connectivity index (χ2n) is 6.36. The van der Waals surface area contributed by atoms with E-state index in [9.17, 15) is 13.2 Å². The molecule has 30 heavy (non-hydrogen) atoms. The van der Waals surface area contributed by atoms with Crippen molar-refractivity contribution < 1.29 is 13.2 Å². The molecule has 0 radical (unpaired) electrons. The molecule has 0 fully saturated rings. The fraction of sp³-hybridized carbons (Fsp3) is 0.143. The second-order valence-corrected chi connectivity index (χ2v) is 6.36. The van der Waals surface area contributed by atoms with Gasteiger partial charge in [-0.15, -0.1) is 0 Å². The van der Waals surface area contributed by atoms with Gasteiger partial charge in [0.2, 0.25) is 0 Å². The van der Waals surface area contributed by atoms with Crippen molar-refractivity contribution in [3.05, 3.63) is 83.9 Å². The first-order valence-electron chi connectivity index (χ1n) is 9.00. The van der Waals surface area contributed by atoms with Gasteiger partial charge in [-0.05, 0) is 53.9 Å². The van der Waals surface area contributed by atoms with Gasteiger partial charge in [0.25, 0.3) is 0 Å². The van der Waals surface area contributed by atoms with Crippen LogP contribution in [0.3, 0.4) is 0 Å². The Morgan fingerprint density at radius 1 is 1.00 bits per heavy atom. The monoisotopic (exact) mass is 412 g/mol. The molecular formula is C21H19F3N6. The molecule has 0 amide bonds. The van der Waals surface area contributed by atoms with Gasteiger partial charge in [0.15, 0.2) is 0 Å². The molecule has 0 atom stereocenters. The highest BCUT2D eigenvalue weighted by atomic mass is 19.4. The molecule has 0 spiro atoms. The number of halogens is 3. The maximum Gasteiger partial charge on any atom is 0.433 e. The van der Waals surface area contributed by atoms with Crippen LogP contribution in [0, 0.1) is 0 Å². The summed E-state index contributed by atoms with van der Waals surface area (Å²) in [6.07, 6.45) is 2.35. The highest BCUT2D eigenvalue weighted by Gasteiger charge is 2.32. The Balaban J connectivity index is 1.58. The molecule has 0 aliphatic rings. The summed E-state index contributed by atoms with van der Waals surface area (Å²) < 4.78 is 38.2. The van der Waals surface area contributed by atoms with Gasteiger partial charge in [-0.1, -0.05) is 12.1 Å². The number of hydrazone groups is 1. The predicted octanol–water partition coefficient (Wildman–Crippen LogP) is 4.22. The lowest BCUT2D eigenvalue weighted by molar-refractivity contribution is -0.141. The maximum atomic E-state index is 12.7. The molecule has 0 saturated carbocycles. The summed E-state index contributed by atoms with van der Waals surface area (Å²) in [6.45, 7) is 0.113. The number of rotatable bonds is 7. The standard InChI is InChI=1S/C21H19F3N6/c22-21(23,24)20-12-18(7-10-27-20)29-14-19(30-25)13-28-17-3-1-15(2-4-17)11-16-5-8-26-9-6-16/h1-10,12-13H,11,14,25H2,(H,27,29). The van der Waals surface area contributed by atoms with Gasteiger partial charge in [-0.3, -0.25) is 15.0 Å². The zero-order valence-electron chi connectivity index (χ0n) is 15.8. The van der Waals surface area contributed by atoms with Crippen LogP contribution in [0.5, 0.6) is 0 Å². The summed E-state index contributed by atoms with van der Waals surface area (Å²) in [5.74, 6) is 5.37. The number of alkyl halides is 3. The number of nitrogens with two attached hydrogens (primary N) is 1. The molecule has 3 N–H and O–H groups in total. The van der Waals surface area contributed by atoms with E-state index in [0.29, 0.717) is 11.4 Å². The molecule has 0 unspecified atom stereocenters. The van der Waals surface area contributed by atoms with Gasteiger partial charge < -0.3 is 11.2 Å². The zero-order valence-corrected chi connectivity index (χ0v) is 15.8. The van der Waals surface area contributed by atoms with Gasteiger partial charge >= 0.3 is 6.18 Å². The van der Waals surface area contributed by atoms with Gasteiger partial charge in [0.05, 0.1) is 24.2 Å². The first-order valence-corrected chi connectivity index (χ1v) is 9.00. The molecule has 154 valence electrons. The number of nitrogens with one attached hydrogen (secondary N) is 1. The lowest BCUT2D eigenvalue weighted by Crippen LogP contribution is -2.17. The first-order chi connectivity index (χ1) is 14.4. The Hall–Kier alpha value is -3.75. The second kappa shape index (κ2) is 9.64. The van der Waals surface area contributed by atoms with Crippen molar-refractivity contribution >= 4 is 23.3 Å². The highest BCUT2D eigenvalue weighted by Crippen LogP contribution is 2.28. The molecular weight excluding hydrogens is 393 g/mol. The minimum absolute atomic E-state index is 0.113. The van der Waals surface area contributed by atoms with Gasteiger partial charge in [-0.2, -0.15) is 18.3 Å². The third kappa shape index (κ3) is 6.13. The fourth-order valence-corrected chi connectivity index (χ4v) is 2.60. The third-order valence-electron chi connectivity index (χ3n) is 4.15. The largest absolute Gasteiger partial charge is 0.433 e. The third-order valence-corrected chi connectivity index (χ3v) is 4.15. The number of aromatic nitrogens is 2. The van der Waals surface area contributed by atoms with E-state index in [-0.39, 0.29) is 12.2 Å². The Morgan fingerprint density at radius 3 is 2.37 bits per heavy atom. The van der Waals surface area contributed by atoms with Crippen LogP contribution >= 0.6 is 0 Å². The number of hydrogen-bond acceptors (Lipinski definition) is 6. The van der Waals surface area contributed by atoms with E-state index >= 15 is 0 Å². The summed E-state index contributed by atoms with van der Waals surface area (Å²) in [6, 6.07) is 14.0. The van der Waals surface area contributed by atoms with Gasteiger partial charge in [0.1, 0.15) is 5.69 Å². The van der Waals surface area contributed by atoms with E-state index in [1.54, 1.807) is 12.4 Å². The summed E-state index contributed by atoms with van der Waals surface area (Å²) in [5, 5.41) is 6.46. The average Bonchev–Trinajstić information content (AvgIpc) is 2.75. The topological polar surface area (TPSA) is 88.5 Å². The molecule has 3 rings (SSSR count). The molecule has 0 bridgehead atoms. The number of hydrogen-bond donors (Lipinski definition) is 2. The zero-order chi connectivity index (χ0) is 21.4. The van der Waals surface area contributed by atoms with E-state index in [0.717, 1.165) is 29.8 Å². The molecule has 0 aliphatic heterocycles. The van der Waals surface area contributed by atoms with Crippen LogP contribution in [0.1, 0.15) is 16.8 Å². The molecule has 0 saturated heterocycles. The van der Waals surface area contributed by atoms with Crippen LogP contribution in [0.15, 0.2) is 77.2 Å². The lowest BCUT2D eigenvalue weighted by Gasteiger charge is -2.09. The Labute approximate surface area is 171 Å². The smallest absolute Gasteiger partial charge is 0.379 e. The number of nitrogens with zero attached hydrogens (tertiary/aromatic N) is 4. The van der Waals surface area contributed by atoms with Crippen molar-refractivity contribution in [3.63, 3.8) is 0 Å². The molecule has 0 aliphatic carbocycles. The normalized spacial score (nSPS) is 12.3. The number of pyridine rings is 2. The Bertz CT molecular complexity index is 1010. The van der Waals surface area contributed by atoms with Crippen molar-refractivity contribution in [1.29, 1.82) is 0 Å². The van der Waals surface area contributed by atoms with Gasteiger partial charge in [-0.25, -0.2) is 0 Å². The summed E-state index contributed by atoms with van der Waals surface area (Å²) in [5.41, 5.74) is 2.66. The van der Waals surface area contributed by atoms with Crippen molar-refractivity contribution in [2.24, 2.45) is 15.9 Å². The summed E-state index contributed by atoms with van der Waals surface area (Å²) in [4.78, 5) is 11.6. The van der Waals surface area contributed by atoms with Crippen LogP contribution in [-0.4, -0.2) is 28.4 Å². The SMILES string of the molecule is NN=C(C=Nc1ccc(Cc2ccncc2)cc1)CNc1ccnc(C(F)(F)F)c1. The lowest BCUT2D eigenvalue weighted by atomic mass is 10.1. The van der Waals surface area contributed by atoms with Crippen LogP contribution < -0.4 is 11.2 Å². The Kier molecular flexibility index (Phi) is 6.74. The predicted molar refractivity (Wildman–Crippen MR) is 111 cm³/mol. The average molecular weight is 412 g/mol. The molecule has 2 heterocycles. The molecule has 3 aromatic rings. The highest BCUT2D eigenvalue weighted by molar-refractivity contribution is 6.32. The van der Waals surface area contributed by atoms with Gasteiger partial charge in [0, 0.05) is 24.3 Å². The van der Waals surface area contributed by atoms with Crippen LogP contribution in [0.25, 0.3) is 0 Å². The van der Waals surface area contributed by atoms with Crippen molar-refractivity contribution in [1.82, 2.24) is 9.97 Å². The number of anilines is 1. The number of benzene rings is 1. The first kappa shape index (κ1) is 21.0. The quantitative estimate of drug-likeness (QED) is 0.346. The fourth-order valence-electron chi connectivity index (χ4n) is 2.60. The van der Waals surface area contributed by atoms with Crippen molar-refractivity contribution in [2.45, 2.75) is 12.6 Å². The van der Waals surface area contributed by atoms with E-state index in [1.807, 2.05) is 36.4 Å². The van der Waals surface area contributed by atoms with Crippen LogP contribution in [0.2, 0.25) is 0 Å². The van der Waals surface area contributed by atoms with E-state index < -0.39 is 11.9 Å². The van der Waals surface area contributed by atoms with Crippen molar-refractivity contribution in [2.75, 3.05) is 11.9 Å². The Morgan fingerprint density at radius 2 is 1.70 bits per heavy atom. The number of aliphatic imine (C=N–C) groups is 1.